The molecule has 2 aromatic rings. The summed E-state index contributed by atoms with van der Waals surface area (Å²) in [6, 6.07) is 15.0. The van der Waals surface area contributed by atoms with E-state index in [2.05, 4.69) is 10.6 Å². The highest BCUT2D eigenvalue weighted by Gasteiger charge is 2.34. The van der Waals surface area contributed by atoms with Crippen molar-refractivity contribution < 1.29 is 14.4 Å². The molecule has 0 aromatic heterocycles. The second kappa shape index (κ2) is 7.19. The van der Waals surface area contributed by atoms with Crippen LogP contribution in [0.5, 0.6) is 0 Å². The van der Waals surface area contributed by atoms with E-state index in [1.165, 1.54) is 0 Å². The highest BCUT2D eigenvalue weighted by atomic mass is 35.5. The molecule has 2 aromatic carbocycles. The van der Waals surface area contributed by atoms with E-state index in [-0.39, 0.29) is 12.2 Å². The predicted octanol–water partition coefficient (Wildman–Crippen LogP) is 2.87. The largest absolute Gasteiger partial charge is 0.329 e. The molecule has 0 spiro atoms. The van der Waals surface area contributed by atoms with Gasteiger partial charge in [0.1, 0.15) is 12.2 Å². The summed E-state index contributed by atoms with van der Waals surface area (Å²) in [6.07, 6.45) is 1.57. The molecule has 1 fully saturated rings. The molecule has 1 aliphatic rings. The van der Waals surface area contributed by atoms with Gasteiger partial charge in [-0.2, -0.15) is 0 Å². The Labute approximate surface area is 149 Å². The smallest absolute Gasteiger partial charge is 0.325 e. The Kier molecular flexibility index (Phi) is 4.81. The predicted molar refractivity (Wildman–Crippen MR) is 94.7 cm³/mol. The molecule has 0 bridgehead atoms. The van der Waals surface area contributed by atoms with Crippen LogP contribution in [-0.4, -0.2) is 29.3 Å². The van der Waals surface area contributed by atoms with Gasteiger partial charge < -0.3 is 10.6 Å². The Bertz CT molecular complexity index is 848. The number of nitrogens with one attached hydrogen (secondary N) is 2. The highest BCUT2D eigenvalue weighted by Crippen LogP contribution is 2.15. The van der Waals surface area contributed by atoms with Crippen molar-refractivity contribution in [3.05, 3.63) is 70.9 Å². The van der Waals surface area contributed by atoms with E-state index in [1.807, 2.05) is 30.3 Å². The number of benzene rings is 2. The third kappa shape index (κ3) is 4.05. The molecule has 1 saturated heterocycles. The van der Waals surface area contributed by atoms with Crippen LogP contribution in [0.1, 0.15) is 5.56 Å². The Hall–Kier alpha value is -3.12. The van der Waals surface area contributed by atoms with Crippen LogP contribution in [-0.2, 0) is 9.59 Å². The van der Waals surface area contributed by atoms with Gasteiger partial charge in [0.25, 0.3) is 5.91 Å². The molecular formula is C18H14ClN3O3. The van der Waals surface area contributed by atoms with Gasteiger partial charge in [-0.25, -0.2) is 9.69 Å². The lowest BCUT2D eigenvalue weighted by atomic mass is 10.2. The standard InChI is InChI=1S/C18H14ClN3O3/c19-13-6-8-14(9-7-13)20-16(23)11-22-17(24)15(21-18(22)25)10-12-4-2-1-3-5-12/h1-10H,11H2,(H,20,23)(H,21,25)/b15-10+. The summed E-state index contributed by atoms with van der Waals surface area (Å²) in [5, 5.41) is 5.64. The number of nitrogens with zero attached hydrogens (tertiary/aromatic N) is 1. The quantitative estimate of drug-likeness (QED) is 0.654. The second-order valence-electron chi connectivity index (χ2n) is 5.35. The van der Waals surface area contributed by atoms with Crippen molar-refractivity contribution in [2.45, 2.75) is 0 Å². The summed E-state index contributed by atoms with van der Waals surface area (Å²) < 4.78 is 0. The monoisotopic (exact) mass is 355 g/mol. The minimum Gasteiger partial charge on any atom is -0.325 e. The number of carbonyl (C=O) groups excluding carboxylic acids is 3. The Morgan fingerprint density at radius 1 is 1.08 bits per heavy atom. The second-order valence-corrected chi connectivity index (χ2v) is 5.78. The summed E-state index contributed by atoms with van der Waals surface area (Å²) >= 11 is 5.78. The fraction of sp³-hybridized carbons (Fsp3) is 0.0556. The van der Waals surface area contributed by atoms with Crippen LogP contribution in [0, 0.1) is 0 Å². The minimum absolute atomic E-state index is 0.135. The van der Waals surface area contributed by atoms with Gasteiger partial charge in [-0.15, -0.1) is 0 Å². The topological polar surface area (TPSA) is 78.5 Å². The molecule has 126 valence electrons. The van der Waals surface area contributed by atoms with Gasteiger partial charge in [-0.05, 0) is 35.9 Å². The number of hydrogen-bond donors (Lipinski definition) is 2. The molecule has 0 saturated carbocycles. The van der Waals surface area contributed by atoms with Gasteiger partial charge >= 0.3 is 6.03 Å². The molecule has 2 N–H and O–H groups in total. The number of halogens is 1. The first-order valence-electron chi connectivity index (χ1n) is 7.48. The summed E-state index contributed by atoms with van der Waals surface area (Å²) in [6.45, 7) is -0.376. The lowest BCUT2D eigenvalue weighted by Gasteiger charge is -2.12. The number of imide groups is 1. The van der Waals surface area contributed by atoms with Crippen LogP contribution >= 0.6 is 11.6 Å². The molecule has 1 aliphatic heterocycles. The van der Waals surface area contributed by atoms with Gasteiger partial charge in [-0.3, -0.25) is 9.59 Å². The first kappa shape index (κ1) is 16.7. The Balaban J connectivity index is 1.67. The van der Waals surface area contributed by atoms with Gasteiger partial charge in [0.15, 0.2) is 0 Å². The normalized spacial score (nSPS) is 15.4. The van der Waals surface area contributed by atoms with Crippen molar-refractivity contribution in [2.75, 3.05) is 11.9 Å². The number of urea groups is 1. The molecule has 3 rings (SSSR count). The molecule has 0 radical (unpaired) electrons. The third-order valence-electron chi connectivity index (χ3n) is 3.50. The number of anilines is 1. The molecule has 4 amide bonds. The van der Waals surface area contributed by atoms with E-state index < -0.39 is 17.8 Å². The molecule has 7 heteroatoms. The molecule has 6 nitrogen and oxygen atoms in total. The zero-order valence-corrected chi connectivity index (χ0v) is 13.8. The lowest BCUT2D eigenvalue weighted by Crippen LogP contribution is -2.38. The third-order valence-corrected chi connectivity index (χ3v) is 3.75. The van der Waals surface area contributed by atoms with Crippen molar-refractivity contribution >= 4 is 41.2 Å². The first-order valence-corrected chi connectivity index (χ1v) is 7.86. The van der Waals surface area contributed by atoms with Crippen LogP contribution in [0.4, 0.5) is 10.5 Å². The molecule has 0 aliphatic carbocycles. The van der Waals surface area contributed by atoms with Crippen molar-refractivity contribution in [3.63, 3.8) is 0 Å². The number of hydrogen-bond acceptors (Lipinski definition) is 3. The van der Waals surface area contributed by atoms with Crippen molar-refractivity contribution in [3.8, 4) is 0 Å². The maximum Gasteiger partial charge on any atom is 0.329 e. The minimum atomic E-state index is -0.626. The SMILES string of the molecule is O=C(CN1C(=O)N/C(=C/c2ccccc2)C1=O)Nc1ccc(Cl)cc1. The highest BCUT2D eigenvalue weighted by molar-refractivity contribution is 6.30. The Morgan fingerprint density at radius 3 is 2.44 bits per heavy atom. The zero-order valence-electron chi connectivity index (χ0n) is 13.0. The zero-order chi connectivity index (χ0) is 17.8. The van der Waals surface area contributed by atoms with E-state index in [4.69, 9.17) is 11.6 Å². The average Bonchev–Trinajstić information content (AvgIpc) is 2.85. The lowest BCUT2D eigenvalue weighted by molar-refractivity contribution is -0.127. The van der Waals surface area contributed by atoms with Crippen LogP contribution < -0.4 is 10.6 Å². The van der Waals surface area contributed by atoms with E-state index >= 15 is 0 Å². The van der Waals surface area contributed by atoms with E-state index in [0.29, 0.717) is 10.7 Å². The summed E-state index contributed by atoms with van der Waals surface area (Å²) in [7, 11) is 0. The van der Waals surface area contributed by atoms with Crippen LogP contribution in [0.2, 0.25) is 5.02 Å². The fourth-order valence-electron chi connectivity index (χ4n) is 2.31. The average molecular weight is 356 g/mol. The van der Waals surface area contributed by atoms with Crippen molar-refractivity contribution in [1.29, 1.82) is 0 Å². The van der Waals surface area contributed by atoms with Crippen molar-refractivity contribution in [2.24, 2.45) is 0 Å². The van der Waals surface area contributed by atoms with Crippen LogP contribution in [0.15, 0.2) is 60.3 Å². The maximum atomic E-state index is 12.3. The summed E-state index contributed by atoms with van der Waals surface area (Å²) in [4.78, 5) is 37.2. The van der Waals surface area contributed by atoms with Gasteiger partial charge in [0.2, 0.25) is 5.91 Å². The summed E-state index contributed by atoms with van der Waals surface area (Å²) in [5.41, 5.74) is 1.44. The van der Waals surface area contributed by atoms with E-state index in [9.17, 15) is 14.4 Å². The van der Waals surface area contributed by atoms with E-state index in [1.54, 1.807) is 30.3 Å². The summed E-state index contributed by atoms with van der Waals surface area (Å²) in [5.74, 6) is -1.02. The molecule has 0 atom stereocenters. The number of rotatable bonds is 4. The van der Waals surface area contributed by atoms with Crippen LogP contribution in [0.3, 0.4) is 0 Å². The fourth-order valence-corrected chi connectivity index (χ4v) is 2.43. The Morgan fingerprint density at radius 2 is 1.76 bits per heavy atom. The number of amides is 4. The van der Waals surface area contributed by atoms with Gasteiger partial charge in [0.05, 0.1) is 0 Å². The molecule has 0 unspecified atom stereocenters. The van der Waals surface area contributed by atoms with Crippen LogP contribution in [0.25, 0.3) is 6.08 Å². The van der Waals surface area contributed by atoms with E-state index in [0.717, 1.165) is 10.5 Å². The molecule has 1 heterocycles. The molecular weight excluding hydrogens is 342 g/mol. The molecule has 25 heavy (non-hydrogen) atoms. The maximum absolute atomic E-state index is 12.3. The van der Waals surface area contributed by atoms with Gasteiger partial charge in [0, 0.05) is 10.7 Å². The first-order chi connectivity index (χ1) is 12.0. The van der Waals surface area contributed by atoms with Gasteiger partial charge in [-0.1, -0.05) is 41.9 Å². The van der Waals surface area contributed by atoms with Crippen molar-refractivity contribution in [1.82, 2.24) is 10.2 Å². The number of carbonyl (C=O) groups is 3.